The Morgan fingerprint density at radius 1 is 0.667 bits per heavy atom. The Morgan fingerprint density at radius 2 is 1.19 bits per heavy atom. The topological polar surface area (TPSA) is 12.0 Å². The number of hydrogen-bond acceptors (Lipinski definition) is 1. The van der Waals surface area contributed by atoms with Gasteiger partial charge in [-0.2, -0.15) is 0 Å². The quantitative estimate of drug-likeness (QED) is 0.410. The van der Waals surface area contributed by atoms with Crippen molar-refractivity contribution in [2.45, 2.75) is 39.2 Å². The van der Waals surface area contributed by atoms with E-state index in [9.17, 15) is 0 Å². The normalized spacial score (nSPS) is 10.9. The molecule has 0 spiro atoms. The summed E-state index contributed by atoms with van der Waals surface area (Å²) in [6.45, 7) is 4.09. The van der Waals surface area contributed by atoms with Crippen LogP contribution >= 0.6 is 11.6 Å². The molecule has 3 rings (SSSR count). The maximum absolute atomic E-state index is 5.92. The summed E-state index contributed by atoms with van der Waals surface area (Å²) in [5.41, 5.74) is 6.63. The Hall–Kier alpha value is -2.09. The van der Waals surface area contributed by atoms with E-state index >= 15 is 0 Å². The van der Waals surface area contributed by atoms with Gasteiger partial charge < -0.3 is 5.32 Å². The van der Waals surface area contributed by atoms with E-state index in [1.54, 1.807) is 0 Å². The minimum absolute atomic E-state index is 0.794. The molecule has 3 aromatic rings. The van der Waals surface area contributed by atoms with Gasteiger partial charge in [0.05, 0.1) is 0 Å². The first kappa shape index (κ1) is 19.7. The molecule has 27 heavy (non-hydrogen) atoms. The molecule has 0 atom stereocenters. The van der Waals surface area contributed by atoms with Gasteiger partial charge in [0.25, 0.3) is 0 Å². The average Bonchev–Trinajstić information content (AvgIpc) is 2.72. The molecule has 140 valence electrons. The summed E-state index contributed by atoms with van der Waals surface area (Å²) in [4.78, 5) is 0. The summed E-state index contributed by atoms with van der Waals surface area (Å²) in [7, 11) is 0. The van der Waals surface area contributed by atoms with Gasteiger partial charge >= 0.3 is 0 Å². The highest BCUT2D eigenvalue weighted by Gasteiger charge is 2.00. The van der Waals surface area contributed by atoms with E-state index in [-0.39, 0.29) is 0 Å². The fraction of sp³-hybridized carbons (Fsp3) is 0.280. The Morgan fingerprint density at radius 3 is 1.78 bits per heavy atom. The second-order valence-electron chi connectivity index (χ2n) is 7.05. The van der Waals surface area contributed by atoms with Gasteiger partial charge in [0.15, 0.2) is 0 Å². The third kappa shape index (κ3) is 6.23. The van der Waals surface area contributed by atoms with Gasteiger partial charge in [0, 0.05) is 11.6 Å². The van der Waals surface area contributed by atoms with Crippen LogP contribution in [0.2, 0.25) is 5.02 Å². The lowest BCUT2D eigenvalue weighted by molar-refractivity contribution is 0.687. The van der Waals surface area contributed by atoms with Crippen molar-refractivity contribution >= 4 is 11.6 Å². The Balaban J connectivity index is 1.47. The van der Waals surface area contributed by atoms with Crippen molar-refractivity contribution in [1.82, 2.24) is 5.32 Å². The van der Waals surface area contributed by atoms with E-state index in [1.807, 2.05) is 12.1 Å². The SMILES string of the molecule is CCCCc1ccc(-c2ccc(CNCCc3ccc(Cl)cc3)cc2)cc1. The van der Waals surface area contributed by atoms with Crippen LogP contribution in [0.3, 0.4) is 0 Å². The van der Waals surface area contributed by atoms with Gasteiger partial charge in [0.2, 0.25) is 0 Å². The highest BCUT2D eigenvalue weighted by atomic mass is 35.5. The molecule has 1 N–H and O–H groups in total. The molecule has 0 aliphatic carbocycles. The second kappa shape index (κ2) is 10.3. The third-order valence-electron chi connectivity index (χ3n) is 4.89. The predicted octanol–water partition coefficient (Wildman–Crippen LogP) is 6.68. The fourth-order valence-corrected chi connectivity index (χ4v) is 3.30. The second-order valence-corrected chi connectivity index (χ2v) is 7.49. The van der Waals surface area contributed by atoms with Gasteiger partial charge in [-0.1, -0.05) is 85.6 Å². The highest BCUT2D eigenvalue weighted by molar-refractivity contribution is 6.30. The van der Waals surface area contributed by atoms with Crippen molar-refractivity contribution in [3.63, 3.8) is 0 Å². The predicted molar refractivity (Wildman–Crippen MR) is 117 cm³/mol. The maximum atomic E-state index is 5.92. The molecule has 0 amide bonds. The van der Waals surface area contributed by atoms with Crippen LogP contribution in [0.5, 0.6) is 0 Å². The Bertz CT molecular complexity index is 804. The largest absolute Gasteiger partial charge is 0.312 e. The van der Waals surface area contributed by atoms with Crippen LogP contribution in [0.25, 0.3) is 11.1 Å². The Labute approximate surface area is 168 Å². The monoisotopic (exact) mass is 377 g/mol. The lowest BCUT2D eigenvalue weighted by Crippen LogP contribution is -2.16. The molecule has 0 aliphatic rings. The van der Waals surface area contributed by atoms with E-state index in [2.05, 4.69) is 72.9 Å². The van der Waals surface area contributed by atoms with Crippen LogP contribution in [0, 0.1) is 0 Å². The van der Waals surface area contributed by atoms with Gasteiger partial charge in [-0.05, 0) is 65.8 Å². The average molecular weight is 378 g/mol. The highest BCUT2D eigenvalue weighted by Crippen LogP contribution is 2.21. The van der Waals surface area contributed by atoms with Crippen molar-refractivity contribution in [3.05, 3.63) is 94.5 Å². The number of aryl methyl sites for hydroxylation is 1. The van der Waals surface area contributed by atoms with Crippen molar-refractivity contribution < 1.29 is 0 Å². The van der Waals surface area contributed by atoms with Crippen LogP contribution in [0.4, 0.5) is 0 Å². The van der Waals surface area contributed by atoms with Crippen LogP contribution in [0.1, 0.15) is 36.5 Å². The first-order chi connectivity index (χ1) is 13.2. The van der Waals surface area contributed by atoms with Crippen molar-refractivity contribution in [1.29, 1.82) is 0 Å². The first-order valence-electron chi connectivity index (χ1n) is 9.88. The number of halogens is 1. The zero-order valence-electron chi connectivity index (χ0n) is 16.0. The van der Waals surface area contributed by atoms with Crippen molar-refractivity contribution in [3.8, 4) is 11.1 Å². The molecule has 2 heteroatoms. The first-order valence-corrected chi connectivity index (χ1v) is 10.3. The number of nitrogens with one attached hydrogen (secondary N) is 1. The summed E-state index contributed by atoms with van der Waals surface area (Å²) >= 11 is 5.92. The molecular weight excluding hydrogens is 350 g/mol. The van der Waals surface area contributed by atoms with Gasteiger partial charge in [0.1, 0.15) is 0 Å². The van der Waals surface area contributed by atoms with Crippen LogP contribution in [-0.2, 0) is 19.4 Å². The molecule has 0 fully saturated rings. The molecule has 0 radical (unpaired) electrons. The summed E-state index contributed by atoms with van der Waals surface area (Å²) in [5, 5.41) is 4.31. The van der Waals surface area contributed by atoms with E-state index in [0.29, 0.717) is 0 Å². The smallest absolute Gasteiger partial charge is 0.0406 e. The number of benzene rings is 3. The lowest BCUT2D eigenvalue weighted by Gasteiger charge is -2.08. The molecule has 0 aromatic heterocycles. The minimum Gasteiger partial charge on any atom is -0.312 e. The summed E-state index contributed by atoms with van der Waals surface area (Å²) < 4.78 is 0. The zero-order valence-corrected chi connectivity index (χ0v) is 16.8. The van der Waals surface area contributed by atoms with Gasteiger partial charge in [-0.25, -0.2) is 0 Å². The summed E-state index contributed by atoms with van der Waals surface area (Å²) in [6.07, 6.45) is 4.70. The molecular formula is C25H28ClN. The minimum atomic E-state index is 0.794. The molecule has 0 saturated carbocycles. The van der Waals surface area contributed by atoms with Crippen LogP contribution in [0.15, 0.2) is 72.8 Å². The van der Waals surface area contributed by atoms with Crippen molar-refractivity contribution in [2.24, 2.45) is 0 Å². The maximum Gasteiger partial charge on any atom is 0.0406 e. The van der Waals surface area contributed by atoms with Gasteiger partial charge in [-0.3, -0.25) is 0 Å². The molecule has 0 heterocycles. The molecule has 0 unspecified atom stereocenters. The molecule has 0 saturated heterocycles. The molecule has 0 bridgehead atoms. The molecule has 0 aliphatic heterocycles. The number of rotatable bonds is 9. The van der Waals surface area contributed by atoms with E-state index in [0.717, 1.165) is 24.5 Å². The van der Waals surface area contributed by atoms with E-state index in [4.69, 9.17) is 11.6 Å². The van der Waals surface area contributed by atoms with Crippen molar-refractivity contribution in [2.75, 3.05) is 6.54 Å². The molecule has 1 nitrogen and oxygen atoms in total. The third-order valence-corrected chi connectivity index (χ3v) is 5.15. The fourth-order valence-electron chi connectivity index (χ4n) is 3.18. The standard InChI is InChI=1S/C25H28ClN/c1-2-3-4-20-5-11-23(12-6-20)24-13-7-22(8-14-24)19-27-18-17-21-9-15-25(26)16-10-21/h5-16,27H,2-4,17-19H2,1H3. The summed E-state index contributed by atoms with van der Waals surface area (Å²) in [6, 6.07) is 26.0. The lowest BCUT2D eigenvalue weighted by atomic mass is 10.0. The van der Waals surface area contributed by atoms with Gasteiger partial charge in [-0.15, -0.1) is 0 Å². The summed E-state index contributed by atoms with van der Waals surface area (Å²) in [5.74, 6) is 0. The number of unbranched alkanes of at least 4 members (excludes halogenated alkanes) is 1. The van der Waals surface area contributed by atoms with Crippen LogP contribution < -0.4 is 5.32 Å². The van der Waals surface area contributed by atoms with E-state index in [1.165, 1.54) is 47.1 Å². The Kier molecular flexibility index (Phi) is 7.50. The molecule has 3 aromatic carbocycles. The zero-order chi connectivity index (χ0) is 18.9. The van der Waals surface area contributed by atoms with Crippen LogP contribution in [-0.4, -0.2) is 6.54 Å². The van der Waals surface area contributed by atoms with E-state index < -0.39 is 0 Å². The number of hydrogen-bond donors (Lipinski definition) is 1.